The largest absolute Gasteiger partial charge is 0.491 e. The standard InChI is InChI=1S/C49H53ClN8O8S/c1-7-67(61,62)56-31-12-14-41(38(23-31)39-29-57(6)45(60)42-37(39)15-18-52-42)65-35-10-8-9-34(24-35)64-22-21-63-33-16-19-58(20-17-33)32-27-53-43(54-28-32)44(59)55-46-48(2,3)47(49(46,4)5)66-36-13-11-30(26-51)40(50)25-36/h8-15,18,23-25,27-29,33,46-47,52,56H,7,16-17,19-22H2,1-6H3,(H,55,59). The Hall–Kier alpha value is -6.61. The van der Waals surface area contributed by atoms with E-state index in [0.29, 0.717) is 74.5 Å². The average Bonchev–Trinajstić information content (AvgIpc) is 3.81. The van der Waals surface area contributed by atoms with E-state index in [0.717, 1.165) is 31.6 Å². The molecular formula is C49H53ClN8O8S. The second kappa shape index (κ2) is 18.9. The molecule has 18 heteroatoms. The van der Waals surface area contributed by atoms with Crippen molar-refractivity contribution in [2.75, 3.05) is 41.7 Å². The number of fused-ring (bicyclic) bond motifs is 1. The summed E-state index contributed by atoms with van der Waals surface area (Å²) < 4.78 is 54.0. The number of piperidine rings is 1. The fourth-order valence-corrected chi connectivity index (χ4v) is 10.3. The number of aryl methyl sites for hydroxylation is 1. The lowest BCUT2D eigenvalue weighted by atomic mass is 9.49. The zero-order valence-corrected chi connectivity index (χ0v) is 39.7. The van der Waals surface area contributed by atoms with Gasteiger partial charge in [0.15, 0.2) is 0 Å². The number of rotatable bonds is 16. The lowest BCUT2D eigenvalue weighted by molar-refractivity contribution is -0.164. The van der Waals surface area contributed by atoms with Crippen molar-refractivity contribution < 1.29 is 32.2 Å². The summed E-state index contributed by atoms with van der Waals surface area (Å²) in [4.78, 5) is 40.3. The van der Waals surface area contributed by atoms with Gasteiger partial charge in [-0.05, 0) is 68.3 Å². The van der Waals surface area contributed by atoms with E-state index < -0.39 is 20.9 Å². The van der Waals surface area contributed by atoms with Crippen molar-refractivity contribution in [3.8, 4) is 40.2 Å². The Kier molecular flexibility index (Phi) is 13.3. The predicted octanol–water partition coefficient (Wildman–Crippen LogP) is 8.08. The Bertz CT molecular complexity index is 3000. The molecule has 4 heterocycles. The topological polar surface area (TPSA) is 203 Å². The number of pyridine rings is 1. The van der Waals surface area contributed by atoms with Gasteiger partial charge in [0.2, 0.25) is 15.8 Å². The molecule has 8 rings (SSSR count). The van der Waals surface area contributed by atoms with E-state index in [2.05, 4.69) is 36.0 Å². The number of aromatic nitrogens is 4. The molecule has 1 saturated heterocycles. The summed E-state index contributed by atoms with van der Waals surface area (Å²) in [5.74, 6) is 1.74. The number of H-pyrrole nitrogens is 1. The maximum Gasteiger partial charge on any atom is 0.289 e. The summed E-state index contributed by atoms with van der Waals surface area (Å²) in [6, 6.07) is 20.9. The third-order valence-corrected chi connectivity index (χ3v) is 14.3. The number of carbonyl (C=O) groups excluding carboxylic acids is 1. The van der Waals surface area contributed by atoms with Gasteiger partial charge < -0.3 is 38.7 Å². The molecule has 0 unspecified atom stereocenters. The molecule has 3 aromatic carbocycles. The van der Waals surface area contributed by atoms with Crippen molar-refractivity contribution in [1.82, 2.24) is 24.8 Å². The molecular weight excluding hydrogens is 896 g/mol. The molecule has 1 aliphatic carbocycles. The zero-order chi connectivity index (χ0) is 47.7. The monoisotopic (exact) mass is 948 g/mol. The highest BCUT2D eigenvalue weighted by Crippen LogP contribution is 2.55. The third-order valence-electron chi connectivity index (χ3n) is 12.6. The van der Waals surface area contributed by atoms with Crippen LogP contribution in [-0.4, -0.2) is 84.1 Å². The molecule has 1 saturated carbocycles. The molecule has 3 aromatic heterocycles. The second-order valence-corrected chi connectivity index (χ2v) is 20.4. The van der Waals surface area contributed by atoms with Gasteiger partial charge in [-0.25, -0.2) is 18.4 Å². The van der Waals surface area contributed by atoms with Crippen molar-refractivity contribution in [1.29, 1.82) is 5.26 Å². The number of halogens is 1. The number of carbonyl (C=O) groups is 1. The molecule has 0 bridgehead atoms. The highest BCUT2D eigenvalue weighted by Gasteiger charge is 2.64. The minimum Gasteiger partial charge on any atom is -0.491 e. The van der Waals surface area contributed by atoms with E-state index in [1.807, 2.05) is 39.8 Å². The highest BCUT2D eigenvalue weighted by molar-refractivity contribution is 7.92. The summed E-state index contributed by atoms with van der Waals surface area (Å²) in [6.07, 6.45) is 8.17. The maximum absolute atomic E-state index is 13.4. The Morgan fingerprint density at radius 3 is 2.39 bits per heavy atom. The quantitative estimate of drug-likeness (QED) is 0.0789. The van der Waals surface area contributed by atoms with Crippen LogP contribution in [0.15, 0.2) is 96.3 Å². The molecule has 2 aliphatic rings. The number of ether oxygens (including phenoxy) is 4. The SMILES string of the molecule is CCS(=O)(=O)Nc1ccc(Oc2cccc(OCCOC3CCN(c4cnc(C(=O)NC5C(C)(C)C(Oc6ccc(C#N)c(Cl)c6)C5(C)C)nc4)CC3)c2)c(-c2cn(C)c(=O)c3[nH]ccc23)c1. The van der Waals surface area contributed by atoms with E-state index in [1.165, 1.54) is 4.57 Å². The van der Waals surface area contributed by atoms with Crippen molar-refractivity contribution in [3.05, 3.63) is 118 Å². The second-order valence-electron chi connectivity index (χ2n) is 18.0. The molecule has 350 valence electrons. The van der Waals surface area contributed by atoms with Gasteiger partial charge in [-0.1, -0.05) is 45.4 Å². The van der Waals surface area contributed by atoms with Crippen LogP contribution in [0.2, 0.25) is 5.02 Å². The summed E-state index contributed by atoms with van der Waals surface area (Å²) >= 11 is 6.25. The molecule has 2 fully saturated rings. The Labute approximate surface area is 394 Å². The number of nitriles is 1. The van der Waals surface area contributed by atoms with Gasteiger partial charge in [-0.15, -0.1) is 0 Å². The maximum atomic E-state index is 13.4. The molecule has 1 aliphatic heterocycles. The molecule has 1 amide bonds. The lowest BCUT2D eigenvalue weighted by Gasteiger charge is -2.63. The zero-order valence-electron chi connectivity index (χ0n) is 38.1. The first kappa shape index (κ1) is 46.9. The fraction of sp³-hybridized carbons (Fsp3) is 0.367. The molecule has 6 aromatic rings. The van der Waals surface area contributed by atoms with Crippen LogP contribution in [0, 0.1) is 22.2 Å². The molecule has 67 heavy (non-hydrogen) atoms. The van der Waals surface area contributed by atoms with E-state index in [9.17, 15) is 23.3 Å². The summed E-state index contributed by atoms with van der Waals surface area (Å²) in [6.45, 7) is 11.9. The molecule has 0 spiro atoms. The van der Waals surface area contributed by atoms with Gasteiger partial charge in [0.1, 0.15) is 47.3 Å². The molecule has 3 N–H and O–H groups in total. The summed E-state index contributed by atoms with van der Waals surface area (Å²) in [5.41, 5.74) is 2.22. The average molecular weight is 950 g/mol. The van der Waals surface area contributed by atoms with Gasteiger partial charge in [-0.3, -0.25) is 14.3 Å². The van der Waals surface area contributed by atoms with E-state index in [1.54, 1.807) is 93.4 Å². The van der Waals surface area contributed by atoms with E-state index in [4.69, 9.17) is 30.5 Å². The number of benzene rings is 3. The number of hydrogen-bond donors (Lipinski definition) is 3. The van der Waals surface area contributed by atoms with Crippen LogP contribution in [0.5, 0.6) is 23.0 Å². The number of sulfonamides is 1. The van der Waals surface area contributed by atoms with Crippen LogP contribution in [0.4, 0.5) is 11.4 Å². The van der Waals surface area contributed by atoms with E-state index in [-0.39, 0.29) is 41.3 Å². The number of nitrogens with one attached hydrogen (secondary N) is 3. The summed E-state index contributed by atoms with van der Waals surface area (Å²) in [7, 11) is -1.89. The van der Waals surface area contributed by atoms with Crippen LogP contribution in [0.3, 0.4) is 0 Å². The first-order valence-electron chi connectivity index (χ1n) is 22.1. The van der Waals surface area contributed by atoms with Crippen LogP contribution in [-0.2, 0) is 21.8 Å². The number of aromatic amines is 1. The number of anilines is 2. The Morgan fingerprint density at radius 2 is 1.69 bits per heavy atom. The van der Waals surface area contributed by atoms with Crippen molar-refractivity contribution in [2.45, 2.75) is 65.7 Å². The van der Waals surface area contributed by atoms with E-state index >= 15 is 0 Å². The van der Waals surface area contributed by atoms with Crippen LogP contribution in [0.25, 0.3) is 22.0 Å². The number of hydrogen-bond acceptors (Lipinski definition) is 12. The van der Waals surface area contributed by atoms with Gasteiger partial charge in [0.05, 0.1) is 47.1 Å². The minimum atomic E-state index is -3.55. The Balaban J connectivity index is 0.816. The van der Waals surface area contributed by atoms with Crippen molar-refractivity contribution >= 4 is 49.8 Å². The van der Waals surface area contributed by atoms with Gasteiger partial charge in [0, 0.05) is 83.7 Å². The molecule has 16 nitrogen and oxygen atoms in total. The summed E-state index contributed by atoms with van der Waals surface area (Å²) in [5, 5.41) is 13.4. The first-order valence-corrected chi connectivity index (χ1v) is 24.1. The fourth-order valence-electron chi connectivity index (χ4n) is 9.43. The number of nitrogens with zero attached hydrogens (tertiary/aromatic N) is 5. The van der Waals surface area contributed by atoms with Crippen molar-refractivity contribution in [2.24, 2.45) is 17.9 Å². The van der Waals surface area contributed by atoms with Gasteiger partial charge >= 0.3 is 0 Å². The van der Waals surface area contributed by atoms with Crippen LogP contribution in [0.1, 0.15) is 63.6 Å². The van der Waals surface area contributed by atoms with Gasteiger partial charge in [0.25, 0.3) is 11.5 Å². The highest BCUT2D eigenvalue weighted by atomic mass is 35.5. The van der Waals surface area contributed by atoms with Crippen LogP contribution < -0.4 is 34.7 Å². The smallest absolute Gasteiger partial charge is 0.289 e. The van der Waals surface area contributed by atoms with Crippen molar-refractivity contribution in [3.63, 3.8) is 0 Å². The number of amides is 1. The third kappa shape index (κ3) is 9.92. The normalized spacial score (nSPS) is 17.9. The Morgan fingerprint density at radius 1 is 0.955 bits per heavy atom. The van der Waals surface area contributed by atoms with Gasteiger partial charge in [-0.2, -0.15) is 5.26 Å². The van der Waals surface area contributed by atoms with Crippen LogP contribution >= 0.6 is 11.6 Å². The lowest BCUT2D eigenvalue weighted by Crippen LogP contribution is -2.74. The first-order chi connectivity index (χ1) is 32.0. The minimum absolute atomic E-state index is 0.0449. The molecule has 0 radical (unpaired) electrons. The molecule has 0 atom stereocenters. The predicted molar refractivity (Wildman–Crippen MR) is 257 cm³/mol.